The molecule has 3 rings (SSSR count). The Morgan fingerprint density at radius 3 is 2.17 bits per heavy atom. The van der Waals surface area contributed by atoms with Gasteiger partial charge in [-0.3, -0.25) is 9.97 Å². The van der Waals surface area contributed by atoms with E-state index in [0.29, 0.717) is 5.13 Å². The molecule has 0 saturated carbocycles. The fourth-order valence-corrected chi connectivity index (χ4v) is 2.50. The normalized spacial score (nSPS) is 10.4. The van der Waals surface area contributed by atoms with Crippen molar-refractivity contribution >= 4 is 16.5 Å². The Morgan fingerprint density at radius 2 is 1.56 bits per heavy atom. The van der Waals surface area contributed by atoms with Crippen molar-refractivity contribution in [3.8, 4) is 22.0 Å². The van der Waals surface area contributed by atoms with Gasteiger partial charge < -0.3 is 5.73 Å². The van der Waals surface area contributed by atoms with Crippen LogP contribution in [0.5, 0.6) is 0 Å². The average Bonchev–Trinajstić information content (AvgIpc) is 2.83. The molecular formula is C13H10N4S. The summed E-state index contributed by atoms with van der Waals surface area (Å²) in [7, 11) is 0. The fourth-order valence-electron chi connectivity index (χ4n) is 1.68. The number of rotatable bonds is 2. The van der Waals surface area contributed by atoms with E-state index in [1.165, 1.54) is 11.3 Å². The monoisotopic (exact) mass is 254 g/mol. The molecule has 0 aliphatic rings. The molecule has 3 aromatic heterocycles. The van der Waals surface area contributed by atoms with Crippen LogP contribution in [0.3, 0.4) is 0 Å². The lowest BCUT2D eigenvalue weighted by atomic mass is 10.2. The van der Waals surface area contributed by atoms with Crippen LogP contribution in [-0.4, -0.2) is 15.0 Å². The molecule has 88 valence electrons. The van der Waals surface area contributed by atoms with E-state index in [1.807, 2.05) is 36.4 Å². The van der Waals surface area contributed by atoms with E-state index in [-0.39, 0.29) is 0 Å². The van der Waals surface area contributed by atoms with E-state index in [2.05, 4.69) is 15.0 Å². The van der Waals surface area contributed by atoms with Crippen molar-refractivity contribution in [2.75, 3.05) is 5.73 Å². The first-order valence-corrected chi connectivity index (χ1v) is 6.25. The van der Waals surface area contributed by atoms with E-state index in [1.54, 1.807) is 12.4 Å². The van der Waals surface area contributed by atoms with Gasteiger partial charge in [-0.15, -0.1) is 0 Å². The van der Waals surface area contributed by atoms with E-state index < -0.39 is 0 Å². The molecule has 4 nitrogen and oxygen atoms in total. The Morgan fingerprint density at radius 1 is 0.889 bits per heavy atom. The van der Waals surface area contributed by atoms with Crippen molar-refractivity contribution in [3.05, 3.63) is 48.8 Å². The van der Waals surface area contributed by atoms with Crippen LogP contribution >= 0.6 is 11.3 Å². The van der Waals surface area contributed by atoms with Crippen molar-refractivity contribution < 1.29 is 0 Å². The van der Waals surface area contributed by atoms with Gasteiger partial charge >= 0.3 is 0 Å². The lowest BCUT2D eigenvalue weighted by Crippen LogP contribution is -1.87. The van der Waals surface area contributed by atoms with Crippen LogP contribution in [0.15, 0.2) is 48.8 Å². The molecule has 0 aromatic carbocycles. The van der Waals surface area contributed by atoms with Gasteiger partial charge in [-0.2, -0.15) is 0 Å². The SMILES string of the molecule is Nc1nc(-c2ccccn2)c(-c2ccccn2)s1. The predicted molar refractivity (Wildman–Crippen MR) is 73.0 cm³/mol. The second-order valence-electron chi connectivity index (χ2n) is 3.66. The molecule has 3 aromatic rings. The third-order valence-corrected chi connectivity index (χ3v) is 3.36. The number of pyridine rings is 2. The van der Waals surface area contributed by atoms with Crippen molar-refractivity contribution in [2.24, 2.45) is 0 Å². The highest BCUT2D eigenvalue weighted by atomic mass is 32.1. The largest absolute Gasteiger partial charge is 0.375 e. The van der Waals surface area contributed by atoms with Gasteiger partial charge in [-0.05, 0) is 24.3 Å². The van der Waals surface area contributed by atoms with Crippen LogP contribution in [-0.2, 0) is 0 Å². The molecule has 0 bridgehead atoms. The zero-order valence-corrected chi connectivity index (χ0v) is 10.3. The van der Waals surface area contributed by atoms with Crippen LogP contribution < -0.4 is 5.73 Å². The van der Waals surface area contributed by atoms with Crippen LogP contribution in [0.25, 0.3) is 22.0 Å². The second-order valence-corrected chi connectivity index (χ2v) is 4.69. The second kappa shape index (κ2) is 4.54. The number of hydrogen-bond donors (Lipinski definition) is 1. The highest BCUT2D eigenvalue weighted by molar-refractivity contribution is 7.19. The lowest BCUT2D eigenvalue weighted by Gasteiger charge is -2.00. The smallest absolute Gasteiger partial charge is 0.181 e. The number of nitrogens with two attached hydrogens (primary N) is 1. The maximum atomic E-state index is 5.81. The minimum Gasteiger partial charge on any atom is -0.375 e. The first kappa shape index (κ1) is 10.9. The number of nitrogens with zero attached hydrogens (tertiary/aromatic N) is 3. The quantitative estimate of drug-likeness (QED) is 0.763. The fraction of sp³-hybridized carbons (Fsp3) is 0. The number of hydrogen-bond acceptors (Lipinski definition) is 5. The Hall–Kier alpha value is -2.27. The number of thiazole rings is 1. The van der Waals surface area contributed by atoms with E-state index >= 15 is 0 Å². The molecule has 18 heavy (non-hydrogen) atoms. The number of aromatic nitrogens is 3. The third-order valence-electron chi connectivity index (χ3n) is 2.45. The highest BCUT2D eigenvalue weighted by Gasteiger charge is 2.14. The van der Waals surface area contributed by atoms with Crippen LogP contribution in [0.4, 0.5) is 5.13 Å². The maximum absolute atomic E-state index is 5.81. The van der Waals surface area contributed by atoms with Gasteiger partial charge in [-0.1, -0.05) is 23.5 Å². The zero-order chi connectivity index (χ0) is 12.4. The summed E-state index contributed by atoms with van der Waals surface area (Å²) in [5.74, 6) is 0. The Balaban J connectivity index is 2.17. The molecular weight excluding hydrogens is 244 g/mol. The summed E-state index contributed by atoms with van der Waals surface area (Å²) in [6.07, 6.45) is 3.50. The van der Waals surface area contributed by atoms with Gasteiger partial charge in [0.15, 0.2) is 5.13 Å². The predicted octanol–water partition coefficient (Wildman–Crippen LogP) is 2.85. The van der Waals surface area contributed by atoms with E-state index in [4.69, 9.17) is 5.73 Å². The van der Waals surface area contributed by atoms with Gasteiger partial charge in [0, 0.05) is 12.4 Å². The minimum atomic E-state index is 0.524. The summed E-state index contributed by atoms with van der Waals surface area (Å²) >= 11 is 1.43. The molecule has 5 heteroatoms. The Bertz CT molecular complexity index is 592. The first-order chi connectivity index (χ1) is 8.84. The highest BCUT2D eigenvalue weighted by Crippen LogP contribution is 2.35. The van der Waals surface area contributed by atoms with Crippen molar-refractivity contribution in [1.82, 2.24) is 15.0 Å². The van der Waals surface area contributed by atoms with Gasteiger partial charge in [0.1, 0.15) is 5.69 Å². The summed E-state index contributed by atoms with van der Waals surface area (Å²) in [5.41, 5.74) is 8.27. The van der Waals surface area contributed by atoms with Crippen molar-refractivity contribution in [3.63, 3.8) is 0 Å². The van der Waals surface area contributed by atoms with Crippen molar-refractivity contribution in [1.29, 1.82) is 0 Å². The summed E-state index contributed by atoms with van der Waals surface area (Å²) in [5, 5.41) is 0.524. The molecule has 0 aliphatic carbocycles. The third kappa shape index (κ3) is 1.96. The van der Waals surface area contributed by atoms with Crippen LogP contribution in [0, 0.1) is 0 Å². The molecule has 0 saturated heterocycles. The zero-order valence-electron chi connectivity index (χ0n) is 9.45. The molecule has 0 unspecified atom stereocenters. The molecule has 0 amide bonds. The van der Waals surface area contributed by atoms with Crippen LogP contribution in [0.1, 0.15) is 0 Å². The van der Waals surface area contributed by atoms with Crippen LogP contribution in [0.2, 0.25) is 0 Å². The standard InChI is InChI=1S/C13H10N4S/c14-13-17-11(9-5-1-3-7-15-9)12(18-13)10-6-2-4-8-16-10/h1-8H,(H2,14,17). The average molecular weight is 254 g/mol. The Labute approximate surface area is 108 Å². The molecule has 0 aliphatic heterocycles. The molecule has 0 fully saturated rings. The molecule has 0 radical (unpaired) electrons. The summed E-state index contributed by atoms with van der Waals surface area (Å²) in [6, 6.07) is 11.5. The molecule has 2 N–H and O–H groups in total. The van der Waals surface area contributed by atoms with Gasteiger partial charge in [0.2, 0.25) is 0 Å². The van der Waals surface area contributed by atoms with E-state index in [0.717, 1.165) is 22.0 Å². The van der Waals surface area contributed by atoms with Gasteiger partial charge in [-0.25, -0.2) is 4.98 Å². The number of anilines is 1. The molecule has 3 heterocycles. The molecule has 0 spiro atoms. The summed E-state index contributed by atoms with van der Waals surface area (Å²) < 4.78 is 0. The lowest BCUT2D eigenvalue weighted by molar-refractivity contribution is 1.27. The topological polar surface area (TPSA) is 64.7 Å². The number of nitrogen functional groups attached to an aromatic ring is 1. The van der Waals surface area contributed by atoms with Gasteiger partial charge in [0.25, 0.3) is 0 Å². The Kier molecular flexibility index (Phi) is 2.74. The minimum absolute atomic E-state index is 0.524. The summed E-state index contributed by atoms with van der Waals surface area (Å²) in [4.78, 5) is 13.9. The first-order valence-electron chi connectivity index (χ1n) is 5.44. The van der Waals surface area contributed by atoms with Gasteiger partial charge in [0.05, 0.1) is 16.3 Å². The van der Waals surface area contributed by atoms with Crippen molar-refractivity contribution in [2.45, 2.75) is 0 Å². The summed E-state index contributed by atoms with van der Waals surface area (Å²) in [6.45, 7) is 0. The van der Waals surface area contributed by atoms with E-state index in [9.17, 15) is 0 Å². The molecule has 0 atom stereocenters. The maximum Gasteiger partial charge on any atom is 0.181 e.